The molecule has 0 N–H and O–H groups in total. The number of benzene rings is 7. The first-order chi connectivity index (χ1) is 24.7. The van der Waals surface area contributed by atoms with Crippen LogP contribution in [0.25, 0.3) is 38.6 Å². The average molecular weight is 653 g/mol. The molecule has 1 aromatic heterocycles. The quantitative estimate of drug-likeness (QED) is 0.138. The van der Waals surface area contributed by atoms with Crippen LogP contribution in [0, 0.1) is 34.0 Å². The predicted octanol–water partition coefficient (Wildman–Crippen LogP) is 7.44. The second-order valence-corrected chi connectivity index (χ2v) is 16.0. The number of nitriles is 3. The number of rotatable bonds is 6. The molecule has 4 nitrogen and oxygen atoms in total. The summed E-state index contributed by atoms with van der Waals surface area (Å²) >= 11 is 0. The summed E-state index contributed by atoms with van der Waals surface area (Å²) in [4.78, 5) is 0. The molecule has 0 radical (unpaired) electrons. The molecule has 232 valence electrons. The monoisotopic (exact) mass is 652 g/mol. The molecule has 8 rings (SSSR count). The Morgan fingerprint density at radius 1 is 0.460 bits per heavy atom. The van der Waals surface area contributed by atoms with Gasteiger partial charge < -0.3 is 4.57 Å². The van der Waals surface area contributed by atoms with Gasteiger partial charge in [0.1, 0.15) is 0 Å². The van der Waals surface area contributed by atoms with Gasteiger partial charge in [0.2, 0.25) is 0 Å². The molecule has 0 saturated heterocycles. The van der Waals surface area contributed by atoms with E-state index in [1.165, 1.54) is 0 Å². The molecule has 0 unspecified atom stereocenters. The molecule has 1 heterocycles. The third kappa shape index (κ3) is 4.72. The second-order valence-electron chi connectivity index (χ2n) is 12.2. The maximum atomic E-state index is 11.2. The molecule has 0 bridgehead atoms. The highest BCUT2D eigenvalue weighted by Gasteiger charge is 2.45. The van der Waals surface area contributed by atoms with Gasteiger partial charge in [-0.2, -0.15) is 15.8 Å². The third-order valence-electron chi connectivity index (χ3n) is 9.65. The number of fused-ring (bicyclic) bond motifs is 3. The van der Waals surface area contributed by atoms with Crippen LogP contribution in [0.15, 0.2) is 170 Å². The van der Waals surface area contributed by atoms with Gasteiger partial charge in [0, 0.05) is 16.5 Å². The molecule has 0 amide bonds. The van der Waals surface area contributed by atoms with Crippen molar-refractivity contribution < 1.29 is 0 Å². The van der Waals surface area contributed by atoms with Crippen molar-refractivity contribution in [1.82, 2.24) is 4.57 Å². The van der Waals surface area contributed by atoms with Crippen molar-refractivity contribution in [2.75, 3.05) is 0 Å². The van der Waals surface area contributed by atoms with Crippen molar-refractivity contribution in [2.24, 2.45) is 0 Å². The lowest BCUT2D eigenvalue weighted by molar-refractivity contribution is 1.18. The van der Waals surface area contributed by atoms with Crippen LogP contribution >= 0.6 is 0 Å². The molecular formula is C45H28N4Si. The lowest BCUT2D eigenvalue weighted by Crippen LogP contribution is -2.76. The first-order valence-electron chi connectivity index (χ1n) is 16.4. The summed E-state index contributed by atoms with van der Waals surface area (Å²) in [6.07, 6.45) is 0. The van der Waals surface area contributed by atoms with Crippen LogP contribution in [-0.4, -0.2) is 12.6 Å². The Morgan fingerprint density at radius 2 is 1.06 bits per heavy atom. The molecule has 50 heavy (non-hydrogen) atoms. The first kappa shape index (κ1) is 30.4. The van der Waals surface area contributed by atoms with Gasteiger partial charge >= 0.3 is 0 Å². The fourth-order valence-electron chi connectivity index (χ4n) is 7.57. The number of para-hydroxylation sites is 1. The highest BCUT2D eigenvalue weighted by atomic mass is 28.3. The number of hydrogen-bond acceptors (Lipinski definition) is 3. The van der Waals surface area contributed by atoms with Crippen LogP contribution in [0.4, 0.5) is 0 Å². The Kier molecular flexibility index (Phi) is 7.63. The van der Waals surface area contributed by atoms with E-state index in [2.05, 4.69) is 83.4 Å². The van der Waals surface area contributed by atoms with Gasteiger partial charge in [-0.25, -0.2) is 0 Å². The summed E-state index contributed by atoms with van der Waals surface area (Å²) in [5, 5.41) is 37.7. The van der Waals surface area contributed by atoms with E-state index >= 15 is 0 Å². The number of aromatic nitrogens is 1. The smallest absolute Gasteiger partial charge is 0.182 e. The lowest BCUT2D eigenvalue weighted by Gasteiger charge is -2.36. The molecular weight excluding hydrogens is 625 g/mol. The molecule has 0 aliphatic carbocycles. The molecule has 0 aliphatic rings. The fourth-order valence-corrected chi connectivity index (χ4v) is 12.6. The molecule has 0 aliphatic heterocycles. The zero-order valence-electron chi connectivity index (χ0n) is 27.0. The van der Waals surface area contributed by atoms with Crippen molar-refractivity contribution in [2.45, 2.75) is 0 Å². The van der Waals surface area contributed by atoms with E-state index in [0.29, 0.717) is 16.7 Å². The van der Waals surface area contributed by atoms with Gasteiger partial charge in [-0.3, -0.25) is 0 Å². The first-order valence-corrected chi connectivity index (χ1v) is 18.4. The van der Waals surface area contributed by atoms with Gasteiger partial charge in [-0.05, 0) is 74.3 Å². The lowest BCUT2D eigenvalue weighted by atomic mass is 9.97. The van der Waals surface area contributed by atoms with Gasteiger partial charge in [0.25, 0.3) is 0 Å². The summed E-state index contributed by atoms with van der Waals surface area (Å²) in [5.41, 5.74) is 6.22. The molecule has 8 aromatic rings. The zero-order valence-corrected chi connectivity index (χ0v) is 28.0. The van der Waals surface area contributed by atoms with E-state index in [1.807, 2.05) is 109 Å². The largest absolute Gasteiger partial charge is 0.309 e. The second kappa shape index (κ2) is 12.6. The minimum atomic E-state index is -3.22. The van der Waals surface area contributed by atoms with Gasteiger partial charge in [0.15, 0.2) is 8.07 Å². The van der Waals surface area contributed by atoms with E-state index in [1.54, 1.807) is 0 Å². The molecule has 0 saturated carbocycles. The van der Waals surface area contributed by atoms with Crippen LogP contribution in [-0.2, 0) is 0 Å². The van der Waals surface area contributed by atoms with E-state index in [4.69, 9.17) is 0 Å². The molecule has 0 fully saturated rings. The summed E-state index contributed by atoms with van der Waals surface area (Å²) in [6.45, 7) is 0. The SMILES string of the molecule is N#Cc1ccc2c(c1)c1ccccc1n2-c1cccc(-c2ccc(C#N)c([Si](c3ccccc3)(c3ccccc3)c3ccccc3)c2C#N)c1. The zero-order chi connectivity index (χ0) is 34.1. The summed E-state index contributed by atoms with van der Waals surface area (Å²) in [5.74, 6) is 0. The van der Waals surface area contributed by atoms with E-state index in [9.17, 15) is 15.8 Å². The Balaban J connectivity index is 1.44. The summed E-state index contributed by atoms with van der Waals surface area (Å²) < 4.78 is 2.21. The molecule has 5 heteroatoms. The van der Waals surface area contributed by atoms with Crippen LogP contribution in [0.5, 0.6) is 0 Å². The number of nitrogens with zero attached hydrogens (tertiary/aromatic N) is 4. The standard InChI is InChI=1S/C45H28N4Si/c46-29-32-23-26-44-41(27-32)40-21-10-11-22-43(40)49(44)35-14-12-13-33(28-35)39-25-24-34(30-47)45(42(39)31-48)50(36-15-4-1-5-16-36,37-17-6-2-7-18-37)38-19-8-3-9-20-38/h1-28H. The van der Waals surface area contributed by atoms with Crippen molar-refractivity contribution in [3.05, 3.63) is 187 Å². The number of hydrogen-bond donors (Lipinski definition) is 0. The van der Waals surface area contributed by atoms with E-state index in [0.717, 1.165) is 59.4 Å². The van der Waals surface area contributed by atoms with Gasteiger partial charge in [-0.15, -0.1) is 0 Å². The topological polar surface area (TPSA) is 76.3 Å². The average Bonchev–Trinajstić information content (AvgIpc) is 3.53. The van der Waals surface area contributed by atoms with Gasteiger partial charge in [-0.1, -0.05) is 127 Å². The van der Waals surface area contributed by atoms with Crippen LogP contribution in [0.2, 0.25) is 0 Å². The minimum absolute atomic E-state index is 0.500. The Morgan fingerprint density at radius 3 is 1.66 bits per heavy atom. The van der Waals surface area contributed by atoms with Gasteiger partial charge in [0.05, 0.1) is 45.9 Å². The van der Waals surface area contributed by atoms with Crippen molar-refractivity contribution in [3.8, 4) is 35.0 Å². The molecule has 0 atom stereocenters. The van der Waals surface area contributed by atoms with Crippen LogP contribution in [0.3, 0.4) is 0 Å². The van der Waals surface area contributed by atoms with Crippen molar-refractivity contribution in [1.29, 1.82) is 15.8 Å². The Labute approximate surface area is 291 Å². The van der Waals surface area contributed by atoms with E-state index < -0.39 is 8.07 Å². The summed E-state index contributed by atoms with van der Waals surface area (Å²) in [6, 6.07) is 64.6. The fraction of sp³-hybridized carbons (Fsp3) is 0. The minimum Gasteiger partial charge on any atom is -0.309 e. The normalized spacial score (nSPS) is 11.1. The van der Waals surface area contributed by atoms with Crippen LogP contribution in [0.1, 0.15) is 16.7 Å². The Hall–Kier alpha value is -6.97. The Bertz CT molecular complexity index is 2580. The predicted molar refractivity (Wildman–Crippen MR) is 204 cm³/mol. The van der Waals surface area contributed by atoms with Crippen molar-refractivity contribution in [3.63, 3.8) is 0 Å². The van der Waals surface area contributed by atoms with E-state index in [-0.39, 0.29) is 0 Å². The molecule has 7 aromatic carbocycles. The highest BCUT2D eigenvalue weighted by molar-refractivity contribution is 7.20. The summed E-state index contributed by atoms with van der Waals surface area (Å²) in [7, 11) is -3.22. The maximum absolute atomic E-state index is 11.2. The molecule has 0 spiro atoms. The highest BCUT2D eigenvalue weighted by Crippen LogP contribution is 2.34. The van der Waals surface area contributed by atoms with Crippen LogP contribution < -0.4 is 20.7 Å². The third-order valence-corrected chi connectivity index (χ3v) is 14.5. The maximum Gasteiger partial charge on any atom is 0.182 e. The van der Waals surface area contributed by atoms with Crippen molar-refractivity contribution >= 4 is 50.6 Å².